The predicted octanol–water partition coefficient (Wildman–Crippen LogP) is -3.89. The Hall–Kier alpha value is -3.44. The number of H-pyrrole nitrogens is 2. The summed E-state index contributed by atoms with van der Waals surface area (Å²) < 4.78 is 59.6. The molecule has 0 aliphatic carbocycles. The molecule has 4 unspecified atom stereocenters. The van der Waals surface area contributed by atoms with Gasteiger partial charge in [-0.1, -0.05) is 0 Å². The molecule has 0 amide bonds. The standard InChI is InChI=1S/C20H23N9O14P2/c21-20-26-15-9(17(33)27-20)25-5-29(15)19-11(31)13-7(41-19)2-39-44(34,35)42-12-6(1-38-45(36,37)43-13)40-18(10(12)30)28-4-24-8-14(28)22-3-23-16(8)32/h3-7,10-13,18-19,30-31H,1-2H2,(H,34,35)(H,36,37)(H,22,23,32)(H3,21,26,27,33)/p-2/t6-,7-,10-,11-,12?,13?,18+,19+/m0/s1. The molecule has 4 aromatic heterocycles. The molecule has 7 heterocycles. The van der Waals surface area contributed by atoms with Crippen LogP contribution in [0.3, 0.4) is 0 Å². The number of nitrogens with two attached hydrogens (primary N) is 1. The fourth-order valence-corrected chi connectivity index (χ4v) is 7.19. The van der Waals surface area contributed by atoms with Crippen molar-refractivity contribution in [2.45, 2.75) is 49.1 Å². The second kappa shape index (κ2) is 10.8. The molecule has 3 aliphatic heterocycles. The zero-order valence-electron chi connectivity index (χ0n) is 22.2. The molecule has 3 aliphatic rings. The molecule has 3 fully saturated rings. The summed E-state index contributed by atoms with van der Waals surface area (Å²) in [6, 6.07) is 0. The van der Waals surface area contributed by atoms with Crippen LogP contribution in [0, 0.1) is 0 Å². The topological polar surface area (TPSA) is 329 Å². The van der Waals surface area contributed by atoms with Crippen LogP contribution in [0.2, 0.25) is 0 Å². The number of nitrogens with zero attached hydrogens (tertiary/aromatic N) is 6. The fraction of sp³-hybridized carbons (Fsp3) is 0.500. The van der Waals surface area contributed by atoms with Crippen LogP contribution in [-0.4, -0.2) is 99.1 Å². The summed E-state index contributed by atoms with van der Waals surface area (Å²) in [6.07, 6.45) is -10.2. The van der Waals surface area contributed by atoms with Crippen LogP contribution in [0.25, 0.3) is 22.3 Å². The van der Waals surface area contributed by atoms with E-state index in [-0.39, 0.29) is 28.3 Å². The van der Waals surface area contributed by atoms with Gasteiger partial charge in [-0.3, -0.25) is 32.8 Å². The van der Waals surface area contributed by atoms with E-state index in [0.29, 0.717) is 0 Å². The summed E-state index contributed by atoms with van der Waals surface area (Å²) in [7, 11) is -10.7. The molecule has 45 heavy (non-hydrogen) atoms. The molecule has 10 atom stereocenters. The maximum Gasteiger partial charge on any atom is 0.280 e. The van der Waals surface area contributed by atoms with E-state index >= 15 is 0 Å². The Morgan fingerprint density at radius 2 is 1.36 bits per heavy atom. The molecule has 0 aromatic carbocycles. The first-order valence-electron chi connectivity index (χ1n) is 12.9. The molecule has 6 N–H and O–H groups in total. The molecular formula is C20H21N9O14P2-2. The van der Waals surface area contributed by atoms with E-state index < -0.39 is 89.1 Å². The van der Waals surface area contributed by atoms with E-state index in [1.807, 2.05) is 0 Å². The Kier molecular flexibility index (Phi) is 7.27. The van der Waals surface area contributed by atoms with Gasteiger partial charge in [-0.15, -0.1) is 0 Å². The summed E-state index contributed by atoms with van der Waals surface area (Å²) in [5.74, 6) is -0.293. The van der Waals surface area contributed by atoms with Gasteiger partial charge in [-0.05, 0) is 0 Å². The zero-order chi connectivity index (χ0) is 31.8. The minimum atomic E-state index is -5.34. The highest BCUT2D eigenvalue weighted by Gasteiger charge is 2.51. The van der Waals surface area contributed by atoms with E-state index in [1.54, 1.807) is 0 Å². The lowest BCUT2D eigenvalue weighted by Crippen LogP contribution is -2.41. The van der Waals surface area contributed by atoms with Crippen molar-refractivity contribution in [1.29, 1.82) is 0 Å². The summed E-state index contributed by atoms with van der Waals surface area (Å²) in [5.41, 5.74) is 3.81. The number of rotatable bonds is 2. The molecule has 25 heteroatoms. The number of anilines is 1. The molecule has 0 spiro atoms. The van der Waals surface area contributed by atoms with Crippen molar-refractivity contribution in [3.05, 3.63) is 39.7 Å². The highest BCUT2D eigenvalue weighted by Crippen LogP contribution is 2.50. The number of imidazole rings is 2. The normalized spacial score (nSPS) is 37.7. The van der Waals surface area contributed by atoms with Gasteiger partial charge in [-0.25, -0.2) is 15.0 Å². The maximum atomic E-state index is 12.9. The maximum absolute atomic E-state index is 12.9. The first-order chi connectivity index (χ1) is 21.3. The third-order valence-corrected chi connectivity index (χ3v) is 9.21. The number of nitrogen functional groups attached to an aromatic ring is 1. The largest absolute Gasteiger partial charge is 0.756 e. The quantitative estimate of drug-likeness (QED) is 0.127. The lowest BCUT2D eigenvalue weighted by atomic mass is 10.1. The monoisotopic (exact) mass is 673 g/mol. The van der Waals surface area contributed by atoms with Crippen LogP contribution in [0.5, 0.6) is 0 Å². The Morgan fingerprint density at radius 1 is 0.844 bits per heavy atom. The molecule has 4 aromatic rings. The number of aliphatic hydroxyl groups excluding tert-OH is 2. The summed E-state index contributed by atoms with van der Waals surface area (Å²) in [6.45, 7) is -1.88. The first kappa shape index (κ1) is 30.2. The number of nitrogens with one attached hydrogen (secondary N) is 2. The molecular weight excluding hydrogens is 652 g/mol. The highest BCUT2D eigenvalue weighted by atomic mass is 31.2. The third-order valence-electron chi connectivity index (χ3n) is 7.28. The summed E-state index contributed by atoms with van der Waals surface area (Å²) in [5, 5.41) is 22.1. The number of phosphoric acid groups is 2. The van der Waals surface area contributed by atoms with Gasteiger partial charge in [0, 0.05) is 0 Å². The van der Waals surface area contributed by atoms with Gasteiger partial charge in [0.2, 0.25) is 5.95 Å². The first-order valence-corrected chi connectivity index (χ1v) is 15.8. The molecule has 0 saturated carbocycles. The summed E-state index contributed by atoms with van der Waals surface area (Å²) in [4.78, 5) is 70.4. The van der Waals surface area contributed by atoms with Gasteiger partial charge < -0.3 is 58.3 Å². The second-order valence-corrected chi connectivity index (χ2v) is 12.8. The van der Waals surface area contributed by atoms with Crippen LogP contribution in [0.15, 0.2) is 28.6 Å². The van der Waals surface area contributed by atoms with Crippen LogP contribution >= 0.6 is 15.6 Å². The number of aliphatic hydroxyl groups is 2. The van der Waals surface area contributed by atoms with E-state index in [2.05, 4.69) is 29.9 Å². The van der Waals surface area contributed by atoms with Crippen molar-refractivity contribution >= 4 is 43.9 Å². The summed E-state index contributed by atoms with van der Waals surface area (Å²) >= 11 is 0. The molecule has 0 radical (unpaired) electrons. The Labute approximate surface area is 247 Å². The molecule has 23 nitrogen and oxygen atoms in total. The van der Waals surface area contributed by atoms with Crippen LogP contribution < -0.4 is 26.6 Å². The van der Waals surface area contributed by atoms with Gasteiger partial charge in [0.15, 0.2) is 34.8 Å². The van der Waals surface area contributed by atoms with E-state index in [0.717, 1.165) is 28.1 Å². The number of aromatic amines is 2. The minimum absolute atomic E-state index is 0.0397. The van der Waals surface area contributed by atoms with Gasteiger partial charge >= 0.3 is 0 Å². The lowest BCUT2D eigenvalue weighted by molar-refractivity contribution is -0.244. The number of aromatic nitrogens is 8. The number of hydrogen-bond donors (Lipinski definition) is 5. The number of hydrogen-bond acceptors (Lipinski definition) is 19. The Morgan fingerprint density at radius 3 is 1.91 bits per heavy atom. The average molecular weight is 673 g/mol. The molecule has 242 valence electrons. The highest BCUT2D eigenvalue weighted by molar-refractivity contribution is 7.46. The van der Waals surface area contributed by atoms with Gasteiger partial charge in [0.1, 0.15) is 36.6 Å². The van der Waals surface area contributed by atoms with Crippen molar-refractivity contribution in [3.63, 3.8) is 0 Å². The average Bonchev–Trinajstić information content (AvgIpc) is 3.72. The smallest absolute Gasteiger partial charge is 0.280 e. The van der Waals surface area contributed by atoms with Crippen molar-refractivity contribution in [2.24, 2.45) is 0 Å². The van der Waals surface area contributed by atoms with Crippen molar-refractivity contribution in [3.8, 4) is 0 Å². The van der Waals surface area contributed by atoms with Crippen LogP contribution in [0.4, 0.5) is 5.95 Å². The van der Waals surface area contributed by atoms with Crippen LogP contribution in [-0.2, 0) is 36.7 Å². The zero-order valence-corrected chi connectivity index (χ0v) is 24.0. The van der Waals surface area contributed by atoms with Crippen LogP contribution in [0.1, 0.15) is 12.5 Å². The molecule has 3 saturated heterocycles. The molecule has 7 rings (SSSR count). The Bertz CT molecular complexity index is 2000. The van der Waals surface area contributed by atoms with Crippen molar-refractivity contribution in [2.75, 3.05) is 18.9 Å². The number of phosphoric ester groups is 2. The SMILES string of the molecule is Nc1nc2c(ncn2[C@@H]2O[C@H]3COP(=O)([O-])OC4[C@H](COP(=O)([O-])OC3[C@@H]2O)O[C@@H](n2cnc3c(=O)[nH]cnc32)[C@H]4O)c(=O)[nH]1. The number of fused-ring (bicyclic) bond motifs is 4. The minimum Gasteiger partial charge on any atom is -0.756 e. The third kappa shape index (κ3) is 5.31. The van der Waals surface area contributed by atoms with Gasteiger partial charge in [0.05, 0.1) is 32.2 Å². The van der Waals surface area contributed by atoms with Crippen molar-refractivity contribution < 1.29 is 56.7 Å². The number of ether oxygens (including phenoxy) is 2. The van der Waals surface area contributed by atoms with Crippen molar-refractivity contribution in [1.82, 2.24) is 39.0 Å². The predicted molar refractivity (Wildman–Crippen MR) is 137 cm³/mol. The van der Waals surface area contributed by atoms with Gasteiger partial charge in [-0.2, -0.15) is 4.98 Å². The van der Waals surface area contributed by atoms with E-state index in [4.69, 9.17) is 33.3 Å². The lowest BCUT2D eigenvalue weighted by Gasteiger charge is -2.34. The van der Waals surface area contributed by atoms with E-state index in [9.17, 15) is 38.7 Å². The van der Waals surface area contributed by atoms with Gasteiger partial charge in [0.25, 0.3) is 26.8 Å². The second-order valence-electron chi connectivity index (χ2n) is 10.1. The fourth-order valence-electron chi connectivity index (χ4n) is 5.29. The molecule has 0 bridgehead atoms. The Balaban J connectivity index is 1.17. The van der Waals surface area contributed by atoms with E-state index in [1.165, 1.54) is 0 Å².